The van der Waals surface area contributed by atoms with Crippen molar-refractivity contribution in [3.05, 3.63) is 48.7 Å². The third kappa shape index (κ3) is 3.69. The molecule has 1 aromatic carbocycles. The Morgan fingerprint density at radius 2 is 2.17 bits per heavy atom. The predicted molar refractivity (Wildman–Crippen MR) is 112 cm³/mol. The van der Waals surface area contributed by atoms with E-state index in [9.17, 15) is 0 Å². The summed E-state index contributed by atoms with van der Waals surface area (Å²) in [6, 6.07) is 8.49. The van der Waals surface area contributed by atoms with Gasteiger partial charge >= 0.3 is 8.60 Å². The first-order valence-corrected chi connectivity index (χ1v) is 11.5. The van der Waals surface area contributed by atoms with Gasteiger partial charge in [0.05, 0.1) is 38.9 Å². The topological polar surface area (TPSA) is 54.2 Å². The maximum absolute atomic E-state index is 6.55. The second-order valence-electron chi connectivity index (χ2n) is 8.10. The summed E-state index contributed by atoms with van der Waals surface area (Å²) in [5.41, 5.74) is 2.10. The fraction of sp³-hybridized carbons (Fsp3) is 0.500. The molecule has 154 valence electrons. The number of pyridine rings is 1. The number of rotatable bonds is 6. The van der Waals surface area contributed by atoms with E-state index in [-0.39, 0.29) is 6.10 Å². The number of aromatic nitrogens is 1. The van der Waals surface area contributed by atoms with Gasteiger partial charge in [-0.15, -0.1) is 6.58 Å². The molecule has 2 bridgehead atoms. The Hall–Kier alpha value is -1.56. The van der Waals surface area contributed by atoms with Gasteiger partial charge in [0.2, 0.25) is 0 Å². The van der Waals surface area contributed by atoms with Crippen molar-refractivity contribution in [3.63, 3.8) is 0 Å². The van der Waals surface area contributed by atoms with E-state index in [1.54, 1.807) is 12.0 Å². The van der Waals surface area contributed by atoms with E-state index in [4.69, 9.17) is 18.3 Å². The minimum Gasteiger partial charge on any atom is -0.497 e. The third-order valence-electron chi connectivity index (χ3n) is 6.65. The number of benzene rings is 1. The first-order valence-electron chi connectivity index (χ1n) is 10.4. The van der Waals surface area contributed by atoms with Gasteiger partial charge in [-0.3, -0.25) is 9.51 Å². The molecule has 0 saturated carbocycles. The molecule has 6 nitrogen and oxygen atoms in total. The number of hydrogen-bond donors (Lipinski definition) is 1. The van der Waals surface area contributed by atoms with Crippen molar-refractivity contribution in [3.8, 4) is 5.75 Å². The van der Waals surface area contributed by atoms with Crippen LogP contribution in [0.15, 0.2) is 43.1 Å². The SMILES string of the molecule is C=C[C@H]1C[NH+]2CC[C@H]1C[C@@H]2[C@@H](OP1OCCO1)c1ccnc2ccc(OC)cc12. The zero-order valence-electron chi connectivity index (χ0n) is 16.8. The smallest absolute Gasteiger partial charge is 0.333 e. The third-order valence-corrected chi connectivity index (χ3v) is 7.84. The molecule has 5 atom stereocenters. The molecule has 0 aliphatic carbocycles. The van der Waals surface area contributed by atoms with E-state index in [0.717, 1.165) is 35.2 Å². The second kappa shape index (κ2) is 8.29. The van der Waals surface area contributed by atoms with Crippen molar-refractivity contribution in [2.24, 2.45) is 11.8 Å². The lowest BCUT2D eigenvalue weighted by molar-refractivity contribution is -0.949. The van der Waals surface area contributed by atoms with E-state index in [1.165, 1.54) is 13.0 Å². The normalized spacial score (nSPS) is 30.5. The first kappa shape index (κ1) is 19.4. The van der Waals surface area contributed by atoms with Gasteiger partial charge in [-0.1, -0.05) is 6.08 Å². The molecule has 1 unspecified atom stereocenters. The average molecular weight is 415 g/mol. The second-order valence-corrected chi connectivity index (χ2v) is 9.28. The molecule has 5 heterocycles. The number of hydrogen-bond acceptors (Lipinski definition) is 5. The van der Waals surface area contributed by atoms with Crippen LogP contribution in [-0.2, 0) is 13.6 Å². The molecule has 6 rings (SSSR count). The maximum Gasteiger partial charge on any atom is 0.333 e. The van der Waals surface area contributed by atoms with Crippen molar-refractivity contribution in [1.82, 2.24) is 4.98 Å². The van der Waals surface area contributed by atoms with Crippen LogP contribution in [0.2, 0.25) is 0 Å². The van der Waals surface area contributed by atoms with E-state index in [0.29, 0.717) is 31.1 Å². The summed E-state index contributed by atoms with van der Waals surface area (Å²) < 4.78 is 23.5. The van der Waals surface area contributed by atoms with Crippen LogP contribution >= 0.6 is 8.60 Å². The molecule has 1 aromatic heterocycles. The monoisotopic (exact) mass is 415 g/mol. The zero-order valence-corrected chi connectivity index (χ0v) is 17.6. The van der Waals surface area contributed by atoms with Crippen LogP contribution < -0.4 is 9.64 Å². The molecule has 29 heavy (non-hydrogen) atoms. The average Bonchev–Trinajstić information content (AvgIpc) is 3.30. The molecule has 4 fully saturated rings. The Balaban J connectivity index is 1.54. The lowest BCUT2D eigenvalue weighted by atomic mass is 9.73. The van der Waals surface area contributed by atoms with Gasteiger partial charge in [0.15, 0.2) is 0 Å². The quantitative estimate of drug-likeness (QED) is 0.581. The van der Waals surface area contributed by atoms with Gasteiger partial charge < -0.3 is 18.7 Å². The lowest BCUT2D eigenvalue weighted by Crippen LogP contribution is -3.20. The van der Waals surface area contributed by atoms with Gasteiger partial charge in [0.1, 0.15) is 17.9 Å². The van der Waals surface area contributed by atoms with Crippen molar-refractivity contribution in [2.45, 2.75) is 25.0 Å². The molecule has 4 aliphatic heterocycles. The molecule has 0 spiro atoms. The number of nitrogens with zero attached hydrogens (tertiary/aromatic N) is 1. The molecular formula is C22H28N2O4P+. The number of methoxy groups -OCH3 is 1. The van der Waals surface area contributed by atoms with Gasteiger partial charge in [-0.25, -0.2) is 0 Å². The fourth-order valence-electron chi connectivity index (χ4n) is 5.18. The molecule has 4 aliphatic rings. The van der Waals surface area contributed by atoms with E-state index in [2.05, 4.69) is 29.8 Å². The molecule has 0 amide bonds. The summed E-state index contributed by atoms with van der Waals surface area (Å²) in [4.78, 5) is 6.16. The van der Waals surface area contributed by atoms with E-state index >= 15 is 0 Å². The van der Waals surface area contributed by atoms with Gasteiger partial charge in [0.25, 0.3) is 0 Å². The van der Waals surface area contributed by atoms with Crippen LogP contribution in [0.4, 0.5) is 0 Å². The Labute approximate surface area is 172 Å². The fourth-order valence-corrected chi connectivity index (χ4v) is 6.26. The Kier molecular flexibility index (Phi) is 5.55. The van der Waals surface area contributed by atoms with Crippen LogP contribution in [0, 0.1) is 11.8 Å². The highest BCUT2D eigenvalue weighted by atomic mass is 31.2. The molecule has 2 aromatic rings. The Morgan fingerprint density at radius 3 is 2.90 bits per heavy atom. The molecule has 7 heteroatoms. The minimum atomic E-state index is -1.31. The molecule has 1 N–H and O–H groups in total. The first-order chi connectivity index (χ1) is 14.3. The van der Waals surface area contributed by atoms with Crippen LogP contribution in [0.3, 0.4) is 0 Å². The van der Waals surface area contributed by atoms with Crippen LogP contribution in [0.5, 0.6) is 5.75 Å². The number of piperidine rings is 3. The Bertz CT molecular complexity index is 888. The summed E-state index contributed by atoms with van der Waals surface area (Å²) in [5, 5.41) is 1.08. The highest BCUT2D eigenvalue weighted by Gasteiger charge is 2.48. The minimum absolute atomic E-state index is 0.0969. The highest BCUT2D eigenvalue weighted by Crippen LogP contribution is 2.50. The van der Waals surface area contributed by atoms with Crippen LogP contribution in [0.25, 0.3) is 10.9 Å². The summed E-state index contributed by atoms with van der Waals surface area (Å²) in [6.07, 6.45) is 6.33. The maximum atomic E-state index is 6.55. The highest BCUT2D eigenvalue weighted by molar-refractivity contribution is 7.41. The Morgan fingerprint density at radius 1 is 1.31 bits per heavy atom. The summed E-state index contributed by atoms with van der Waals surface area (Å²) >= 11 is 0. The number of ether oxygens (including phenoxy) is 1. The van der Waals surface area contributed by atoms with E-state index < -0.39 is 8.60 Å². The van der Waals surface area contributed by atoms with Crippen LogP contribution in [-0.4, -0.2) is 44.4 Å². The number of nitrogens with one attached hydrogen (secondary N) is 1. The predicted octanol–water partition coefficient (Wildman–Crippen LogP) is 3.05. The summed E-state index contributed by atoms with van der Waals surface area (Å²) in [6.45, 7) is 7.59. The van der Waals surface area contributed by atoms with Gasteiger partial charge in [-0.2, -0.15) is 0 Å². The van der Waals surface area contributed by atoms with Crippen molar-refractivity contribution >= 4 is 19.5 Å². The van der Waals surface area contributed by atoms with Crippen molar-refractivity contribution in [2.75, 3.05) is 33.4 Å². The standard InChI is InChI=1S/C22H27N2O4P/c1-3-15-14-24-9-7-16(15)12-21(24)22(28-29-26-10-11-27-29)18-6-8-23-20-5-4-17(25-2)13-19(18)20/h3-6,8,13,15-16,21-22H,1,7,9-12,14H2,2H3/p+1/t15-,16-,21+,22-/m0/s1. The largest absolute Gasteiger partial charge is 0.497 e. The lowest BCUT2D eigenvalue weighted by Gasteiger charge is -2.48. The van der Waals surface area contributed by atoms with Crippen molar-refractivity contribution < 1.29 is 23.2 Å². The molecular weight excluding hydrogens is 387 g/mol. The zero-order chi connectivity index (χ0) is 19.8. The molecule has 0 radical (unpaired) electrons. The van der Waals surface area contributed by atoms with E-state index in [1.807, 2.05) is 18.3 Å². The van der Waals surface area contributed by atoms with Crippen LogP contribution in [0.1, 0.15) is 24.5 Å². The molecule has 4 saturated heterocycles. The van der Waals surface area contributed by atoms with Gasteiger partial charge in [-0.05, 0) is 35.7 Å². The number of fused-ring (bicyclic) bond motifs is 4. The van der Waals surface area contributed by atoms with Crippen molar-refractivity contribution in [1.29, 1.82) is 0 Å². The summed E-state index contributed by atoms with van der Waals surface area (Å²) in [7, 11) is 0.386. The number of quaternary nitrogens is 1. The van der Waals surface area contributed by atoms with Gasteiger partial charge in [0, 0.05) is 30.3 Å². The summed E-state index contributed by atoms with van der Waals surface area (Å²) in [5.74, 6) is 2.12.